The lowest BCUT2D eigenvalue weighted by molar-refractivity contribution is -0.139. The predicted octanol–water partition coefficient (Wildman–Crippen LogP) is 6.18. The first kappa shape index (κ1) is 35.5. The lowest BCUT2D eigenvalue weighted by Crippen LogP contribution is -2.42. The van der Waals surface area contributed by atoms with E-state index in [2.05, 4.69) is 0 Å². The molecule has 0 heterocycles. The Bertz CT molecular complexity index is 999. The van der Waals surface area contributed by atoms with Crippen molar-refractivity contribution in [1.82, 2.24) is 0 Å². The van der Waals surface area contributed by atoms with Crippen molar-refractivity contribution in [2.75, 3.05) is 6.61 Å². The fourth-order valence-corrected chi connectivity index (χ4v) is 4.15. The molecule has 0 saturated heterocycles. The molecule has 0 aliphatic heterocycles. The Morgan fingerprint density at radius 3 is 1.80 bits per heavy atom. The zero-order chi connectivity index (χ0) is 31.1. The Morgan fingerprint density at radius 2 is 1.32 bits per heavy atom. The molecule has 0 aromatic heterocycles. The van der Waals surface area contributed by atoms with E-state index in [0.29, 0.717) is 24.8 Å². The summed E-state index contributed by atoms with van der Waals surface area (Å²) in [5.41, 5.74) is 6.41. The van der Waals surface area contributed by atoms with Crippen molar-refractivity contribution in [2.45, 2.75) is 111 Å². The summed E-state index contributed by atoms with van der Waals surface area (Å²) in [6.07, 6.45) is -1.17. The molecule has 0 aliphatic rings. The maximum absolute atomic E-state index is 12.6. The average Bonchev–Trinajstić information content (AvgIpc) is 2.88. The summed E-state index contributed by atoms with van der Waals surface area (Å²) in [4.78, 5) is 49.0. The smallest absolute Gasteiger partial charge is 0.480 e. The second-order valence-corrected chi connectivity index (χ2v) is 10.0. The molecule has 0 radical (unpaired) electrons. The number of ether oxygens (including phenoxy) is 6. The highest BCUT2D eigenvalue weighted by Gasteiger charge is 2.36. The van der Waals surface area contributed by atoms with Crippen LogP contribution in [-0.4, -0.2) is 60.5 Å². The van der Waals surface area contributed by atoms with Gasteiger partial charge in [-0.05, 0) is 57.7 Å². The van der Waals surface area contributed by atoms with Gasteiger partial charge in [0.15, 0.2) is 11.5 Å². The van der Waals surface area contributed by atoms with Crippen LogP contribution in [0.1, 0.15) is 92.1 Å². The summed E-state index contributed by atoms with van der Waals surface area (Å²) in [6.45, 7) is 12.6. The molecular formula is C29H45NO11. The number of carbonyl (C=O) groups excluding carboxylic acids is 3. The number of aliphatic carboxylic acids is 1. The van der Waals surface area contributed by atoms with Gasteiger partial charge in [-0.1, -0.05) is 46.6 Å². The van der Waals surface area contributed by atoms with Crippen LogP contribution < -0.4 is 15.2 Å². The minimum absolute atomic E-state index is 0.148. The van der Waals surface area contributed by atoms with Crippen LogP contribution in [0.2, 0.25) is 0 Å². The van der Waals surface area contributed by atoms with Gasteiger partial charge in [-0.15, -0.1) is 0 Å². The SMILES string of the molecule is CCCOC(=O)OC(C)C(C)C(c1ccc(OC(=O)OC(C)CCC)c(OC(=O)OC(C)CCC)c1)[C@H](N)C(=O)O. The first-order valence-electron chi connectivity index (χ1n) is 14.1. The number of benzene rings is 1. The van der Waals surface area contributed by atoms with Gasteiger partial charge in [0.25, 0.3) is 0 Å². The largest absolute Gasteiger partial charge is 0.514 e. The molecule has 0 aliphatic carbocycles. The number of hydrogen-bond acceptors (Lipinski definition) is 11. The van der Waals surface area contributed by atoms with Crippen LogP contribution in [0.5, 0.6) is 11.5 Å². The average molecular weight is 584 g/mol. The molecule has 232 valence electrons. The Morgan fingerprint density at radius 1 is 0.780 bits per heavy atom. The molecule has 41 heavy (non-hydrogen) atoms. The van der Waals surface area contributed by atoms with Crippen molar-refractivity contribution in [2.24, 2.45) is 11.7 Å². The number of nitrogens with two attached hydrogens (primary N) is 1. The number of hydrogen-bond donors (Lipinski definition) is 2. The molecule has 0 fully saturated rings. The van der Waals surface area contributed by atoms with E-state index in [9.17, 15) is 24.3 Å². The zero-order valence-corrected chi connectivity index (χ0v) is 25.0. The van der Waals surface area contributed by atoms with Crippen molar-refractivity contribution in [1.29, 1.82) is 0 Å². The molecule has 5 unspecified atom stereocenters. The van der Waals surface area contributed by atoms with Gasteiger partial charge in [-0.25, -0.2) is 14.4 Å². The predicted molar refractivity (Wildman–Crippen MR) is 149 cm³/mol. The maximum Gasteiger partial charge on any atom is 0.514 e. The van der Waals surface area contributed by atoms with Crippen LogP contribution in [0.4, 0.5) is 14.4 Å². The molecule has 0 amide bonds. The van der Waals surface area contributed by atoms with Crippen molar-refractivity contribution in [3.8, 4) is 11.5 Å². The van der Waals surface area contributed by atoms with Crippen LogP contribution in [0.25, 0.3) is 0 Å². The summed E-state index contributed by atoms with van der Waals surface area (Å²) in [5.74, 6) is -3.21. The van der Waals surface area contributed by atoms with Gasteiger partial charge in [-0.3, -0.25) is 4.79 Å². The van der Waals surface area contributed by atoms with Gasteiger partial charge in [-0.2, -0.15) is 0 Å². The molecule has 6 atom stereocenters. The summed E-state index contributed by atoms with van der Waals surface area (Å²) in [5, 5.41) is 9.76. The Balaban J connectivity index is 3.42. The minimum atomic E-state index is -1.43. The van der Waals surface area contributed by atoms with Gasteiger partial charge < -0.3 is 39.3 Å². The molecular weight excluding hydrogens is 538 g/mol. The van der Waals surface area contributed by atoms with E-state index < -0.39 is 60.6 Å². The van der Waals surface area contributed by atoms with Crippen LogP contribution in [0.15, 0.2) is 18.2 Å². The van der Waals surface area contributed by atoms with Crippen molar-refractivity contribution >= 4 is 24.4 Å². The topological polar surface area (TPSA) is 170 Å². The summed E-state index contributed by atoms with van der Waals surface area (Å²) >= 11 is 0. The van der Waals surface area contributed by atoms with E-state index in [1.807, 2.05) is 20.8 Å². The molecule has 12 heteroatoms. The van der Waals surface area contributed by atoms with Crippen LogP contribution in [-0.2, 0) is 23.7 Å². The van der Waals surface area contributed by atoms with E-state index >= 15 is 0 Å². The number of carbonyl (C=O) groups is 4. The van der Waals surface area contributed by atoms with E-state index in [1.165, 1.54) is 18.2 Å². The molecule has 1 rings (SSSR count). The molecule has 0 bridgehead atoms. The van der Waals surface area contributed by atoms with Crippen LogP contribution in [0, 0.1) is 5.92 Å². The number of rotatable bonds is 16. The number of carboxylic acid groups (broad SMARTS) is 1. The standard InChI is InChI=1S/C29H45NO11/c1-8-11-17(4)37-28(34)40-22-14-13-21(16-23(22)41-29(35)38-18(5)12-9-2)24(25(30)26(31)32)19(6)20(7)39-27(33)36-15-10-3/h13-14,16-20,24-25H,8-12,15,30H2,1-7H3,(H,31,32)/t17?,18?,19?,20?,24?,25-/m0/s1. The van der Waals surface area contributed by atoms with E-state index in [1.54, 1.807) is 27.7 Å². The highest BCUT2D eigenvalue weighted by Crippen LogP contribution is 2.37. The normalized spacial score (nSPS) is 15.3. The van der Waals surface area contributed by atoms with E-state index in [4.69, 9.17) is 34.2 Å². The molecule has 0 spiro atoms. The minimum Gasteiger partial charge on any atom is -0.480 e. The third kappa shape index (κ3) is 12.2. The molecule has 1 aromatic carbocycles. The lowest BCUT2D eigenvalue weighted by atomic mass is 9.79. The number of carboxylic acids is 1. The van der Waals surface area contributed by atoms with Gasteiger partial charge in [0, 0.05) is 11.8 Å². The van der Waals surface area contributed by atoms with Crippen LogP contribution >= 0.6 is 0 Å². The molecule has 3 N–H and O–H groups in total. The fourth-order valence-electron chi connectivity index (χ4n) is 4.15. The summed E-state index contributed by atoms with van der Waals surface area (Å²) in [6, 6.07) is 2.74. The van der Waals surface area contributed by atoms with Crippen molar-refractivity contribution < 1.29 is 52.7 Å². The first-order valence-corrected chi connectivity index (χ1v) is 14.1. The van der Waals surface area contributed by atoms with Gasteiger partial charge >= 0.3 is 24.4 Å². The maximum atomic E-state index is 12.6. The molecule has 0 saturated carbocycles. The molecule has 1 aromatic rings. The highest BCUT2D eigenvalue weighted by molar-refractivity contribution is 5.75. The Labute approximate surface area is 241 Å². The second-order valence-electron chi connectivity index (χ2n) is 10.0. The van der Waals surface area contributed by atoms with Gasteiger partial charge in [0.1, 0.15) is 24.4 Å². The van der Waals surface area contributed by atoms with Crippen LogP contribution in [0.3, 0.4) is 0 Å². The third-order valence-electron chi connectivity index (χ3n) is 6.41. The van der Waals surface area contributed by atoms with Crippen molar-refractivity contribution in [3.05, 3.63) is 23.8 Å². The second kappa shape index (κ2) is 18.0. The fraction of sp³-hybridized carbons (Fsp3) is 0.655. The summed E-state index contributed by atoms with van der Waals surface area (Å²) in [7, 11) is 0. The third-order valence-corrected chi connectivity index (χ3v) is 6.41. The molecule has 12 nitrogen and oxygen atoms in total. The summed E-state index contributed by atoms with van der Waals surface area (Å²) < 4.78 is 31.6. The highest BCUT2D eigenvalue weighted by atomic mass is 16.8. The Hall–Kier alpha value is -3.54. The van der Waals surface area contributed by atoms with Gasteiger partial charge in [0.05, 0.1) is 6.61 Å². The quantitative estimate of drug-likeness (QED) is 0.129. The van der Waals surface area contributed by atoms with E-state index in [0.717, 1.165) is 12.8 Å². The van der Waals surface area contributed by atoms with E-state index in [-0.39, 0.29) is 18.1 Å². The first-order chi connectivity index (χ1) is 19.3. The Kier molecular flexibility index (Phi) is 15.6. The monoisotopic (exact) mass is 583 g/mol. The zero-order valence-electron chi connectivity index (χ0n) is 25.0. The lowest BCUT2D eigenvalue weighted by Gasteiger charge is -2.31. The van der Waals surface area contributed by atoms with Gasteiger partial charge in [0.2, 0.25) is 0 Å². The van der Waals surface area contributed by atoms with Crippen molar-refractivity contribution in [3.63, 3.8) is 0 Å².